The molecular formula is C27H27ClF2N2O2. The number of benzene rings is 3. The van der Waals surface area contributed by atoms with Crippen molar-refractivity contribution in [1.82, 2.24) is 9.80 Å². The summed E-state index contributed by atoms with van der Waals surface area (Å²) < 4.78 is 34.3. The maximum atomic E-state index is 14.1. The topological polar surface area (TPSA) is 32.8 Å². The Kier molecular flexibility index (Phi) is 7.93. The summed E-state index contributed by atoms with van der Waals surface area (Å²) >= 11 is 6.04. The second-order valence-electron chi connectivity index (χ2n) is 8.51. The van der Waals surface area contributed by atoms with E-state index in [0.717, 1.165) is 11.1 Å². The van der Waals surface area contributed by atoms with Gasteiger partial charge in [-0.15, -0.1) is 0 Å². The van der Waals surface area contributed by atoms with Crippen LogP contribution in [0.2, 0.25) is 5.02 Å². The lowest BCUT2D eigenvalue weighted by atomic mass is 10.1. The fraction of sp³-hybridized carbons (Fsp3) is 0.296. The van der Waals surface area contributed by atoms with E-state index in [1.54, 1.807) is 12.1 Å². The van der Waals surface area contributed by atoms with Crippen molar-refractivity contribution in [1.29, 1.82) is 0 Å². The standard InChI is InChI=1S/C27H27ClF2N2O2/c1-19-4-2-5-21(16-19)27(33)32-14-12-31(13-15-32)17-26(20-8-10-22(28)11-9-20)34-18-23-24(29)6-3-7-25(23)30/h2-11,16,26H,12-15,17-18H2,1H3/t26-/m1/s1. The molecule has 34 heavy (non-hydrogen) atoms. The van der Waals surface area contributed by atoms with Crippen LogP contribution < -0.4 is 0 Å². The number of hydrogen-bond donors (Lipinski definition) is 0. The lowest BCUT2D eigenvalue weighted by Crippen LogP contribution is -2.49. The Labute approximate surface area is 203 Å². The van der Waals surface area contributed by atoms with E-state index in [9.17, 15) is 13.6 Å². The van der Waals surface area contributed by atoms with Crippen molar-refractivity contribution in [3.8, 4) is 0 Å². The molecule has 0 spiro atoms. The van der Waals surface area contributed by atoms with Gasteiger partial charge in [-0.1, -0.05) is 47.5 Å². The quantitative estimate of drug-likeness (QED) is 0.435. The molecular weight excluding hydrogens is 458 g/mol. The maximum Gasteiger partial charge on any atom is 0.253 e. The average Bonchev–Trinajstić information content (AvgIpc) is 2.83. The molecule has 0 saturated carbocycles. The second-order valence-corrected chi connectivity index (χ2v) is 8.95. The van der Waals surface area contributed by atoms with Crippen LogP contribution in [0, 0.1) is 18.6 Å². The molecule has 178 valence electrons. The van der Waals surface area contributed by atoms with Crippen molar-refractivity contribution in [3.05, 3.63) is 106 Å². The molecule has 3 aromatic carbocycles. The van der Waals surface area contributed by atoms with Gasteiger partial charge in [0.05, 0.1) is 12.7 Å². The van der Waals surface area contributed by atoms with Gasteiger partial charge in [0.1, 0.15) is 11.6 Å². The van der Waals surface area contributed by atoms with Gasteiger partial charge >= 0.3 is 0 Å². The average molecular weight is 485 g/mol. The number of aryl methyl sites for hydroxylation is 1. The van der Waals surface area contributed by atoms with Gasteiger partial charge < -0.3 is 9.64 Å². The van der Waals surface area contributed by atoms with Crippen molar-refractivity contribution < 1.29 is 18.3 Å². The van der Waals surface area contributed by atoms with Crippen LogP contribution in [0.3, 0.4) is 0 Å². The van der Waals surface area contributed by atoms with E-state index in [0.29, 0.717) is 43.3 Å². The molecule has 0 bridgehead atoms. The summed E-state index contributed by atoms with van der Waals surface area (Å²) in [7, 11) is 0. The molecule has 1 heterocycles. The summed E-state index contributed by atoms with van der Waals surface area (Å²) in [5.74, 6) is -1.22. The number of rotatable bonds is 7. The Morgan fingerprint density at radius 2 is 1.62 bits per heavy atom. The number of carbonyl (C=O) groups is 1. The predicted octanol–water partition coefficient (Wildman–Crippen LogP) is 5.64. The molecule has 4 nitrogen and oxygen atoms in total. The summed E-state index contributed by atoms with van der Waals surface area (Å²) in [5.41, 5.74) is 2.54. The van der Waals surface area contributed by atoms with Gasteiger partial charge in [0, 0.05) is 48.9 Å². The van der Waals surface area contributed by atoms with E-state index in [4.69, 9.17) is 16.3 Å². The van der Waals surface area contributed by atoms with Gasteiger partial charge in [0.25, 0.3) is 5.91 Å². The van der Waals surface area contributed by atoms with Crippen LogP contribution in [0.25, 0.3) is 0 Å². The summed E-state index contributed by atoms with van der Waals surface area (Å²) in [6.45, 7) is 4.88. The van der Waals surface area contributed by atoms with Crippen LogP contribution in [0.4, 0.5) is 8.78 Å². The highest BCUT2D eigenvalue weighted by Gasteiger charge is 2.25. The van der Waals surface area contributed by atoms with Crippen molar-refractivity contribution in [2.75, 3.05) is 32.7 Å². The fourth-order valence-electron chi connectivity index (χ4n) is 4.11. The smallest absolute Gasteiger partial charge is 0.253 e. The van der Waals surface area contributed by atoms with Crippen molar-refractivity contribution in [3.63, 3.8) is 0 Å². The third-order valence-electron chi connectivity index (χ3n) is 6.08. The number of carbonyl (C=O) groups excluding carboxylic acids is 1. The van der Waals surface area contributed by atoms with E-state index in [1.807, 2.05) is 48.2 Å². The molecule has 0 unspecified atom stereocenters. The molecule has 0 radical (unpaired) electrons. The Balaban J connectivity index is 1.41. The zero-order chi connectivity index (χ0) is 24.1. The van der Waals surface area contributed by atoms with Crippen LogP contribution in [0.1, 0.15) is 33.2 Å². The minimum absolute atomic E-state index is 0.0314. The monoisotopic (exact) mass is 484 g/mol. The largest absolute Gasteiger partial charge is 0.367 e. The second kappa shape index (κ2) is 11.1. The third kappa shape index (κ3) is 6.00. The van der Waals surface area contributed by atoms with E-state index in [-0.39, 0.29) is 18.1 Å². The number of halogens is 3. The molecule has 7 heteroatoms. The van der Waals surface area contributed by atoms with Crippen molar-refractivity contribution in [2.24, 2.45) is 0 Å². The molecule has 1 amide bonds. The van der Waals surface area contributed by atoms with Gasteiger partial charge in [0.15, 0.2) is 0 Å². The van der Waals surface area contributed by atoms with E-state index in [1.165, 1.54) is 18.2 Å². The Bertz CT molecular complexity index is 1110. The van der Waals surface area contributed by atoms with Crippen LogP contribution in [-0.2, 0) is 11.3 Å². The SMILES string of the molecule is Cc1cccc(C(=O)N2CCN(C[C@@H](OCc3c(F)cccc3F)c3ccc(Cl)cc3)CC2)c1. The van der Waals surface area contributed by atoms with E-state index >= 15 is 0 Å². The molecule has 1 fully saturated rings. The maximum absolute atomic E-state index is 14.1. The molecule has 1 saturated heterocycles. The number of hydrogen-bond acceptors (Lipinski definition) is 3. The molecule has 0 N–H and O–H groups in total. The van der Waals surface area contributed by atoms with E-state index in [2.05, 4.69) is 4.90 Å². The summed E-state index contributed by atoms with van der Waals surface area (Å²) in [6, 6.07) is 18.7. The first kappa shape index (κ1) is 24.3. The zero-order valence-corrected chi connectivity index (χ0v) is 19.8. The van der Waals surface area contributed by atoms with Gasteiger partial charge in [-0.2, -0.15) is 0 Å². The lowest BCUT2D eigenvalue weighted by molar-refractivity contribution is 0.00145. The summed E-state index contributed by atoms with van der Waals surface area (Å²) in [6.07, 6.45) is -0.407. The van der Waals surface area contributed by atoms with Crippen LogP contribution >= 0.6 is 11.6 Å². The number of piperazine rings is 1. The first-order valence-corrected chi connectivity index (χ1v) is 11.7. The van der Waals surface area contributed by atoms with Crippen molar-refractivity contribution >= 4 is 17.5 Å². The Hall–Kier alpha value is -2.80. The highest BCUT2D eigenvalue weighted by Crippen LogP contribution is 2.25. The summed E-state index contributed by atoms with van der Waals surface area (Å²) in [5, 5.41) is 0.603. The summed E-state index contributed by atoms with van der Waals surface area (Å²) in [4.78, 5) is 16.9. The van der Waals surface area contributed by atoms with Crippen LogP contribution in [0.15, 0.2) is 66.7 Å². The molecule has 0 aliphatic carbocycles. The number of amides is 1. The Morgan fingerprint density at radius 1 is 0.971 bits per heavy atom. The minimum Gasteiger partial charge on any atom is -0.367 e. The van der Waals surface area contributed by atoms with Crippen molar-refractivity contribution in [2.45, 2.75) is 19.6 Å². The highest BCUT2D eigenvalue weighted by atomic mass is 35.5. The van der Waals surface area contributed by atoms with Gasteiger partial charge in [-0.3, -0.25) is 9.69 Å². The Morgan fingerprint density at radius 3 is 2.26 bits per heavy atom. The number of ether oxygens (including phenoxy) is 1. The lowest BCUT2D eigenvalue weighted by Gasteiger charge is -2.36. The highest BCUT2D eigenvalue weighted by molar-refractivity contribution is 6.30. The predicted molar refractivity (Wildman–Crippen MR) is 129 cm³/mol. The van der Waals surface area contributed by atoms with Crippen LogP contribution in [-0.4, -0.2) is 48.4 Å². The minimum atomic E-state index is -0.627. The first-order chi connectivity index (χ1) is 16.4. The molecule has 1 aliphatic heterocycles. The van der Waals surface area contributed by atoms with Gasteiger partial charge in [0.2, 0.25) is 0 Å². The van der Waals surface area contributed by atoms with Gasteiger partial charge in [-0.05, 0) is 48.9 Å². The molecule has 4 rings (SSSR count). The molecule has 1 aliphatic rings. The van der Waals surface area contributed by atoms with Gasteiger partial charge in [-0.25, -0.2) is 8.78 Å². The fourth-order valence-corrected chi connectivity index (χ4v) is 4.24. The number of nitrogens with zero attached hydrogens (tertiary/aromatic N) is 2. The van der Waals surface area contributed by atoms with E-state index < -0.39 is 17.7 Å². The zero-order valence-electron chi connectivity index (χ0n) is 19.0. The molecule has 3 aromatic rings. The first-order valence-electron chi connectivity index (χ1n) is 11.3. The normalized spacial score (nSPS) is 15.4. The third-order valence-corrected chi connectivity index (χ3v) is 6.33. The van der Waals surface area contributed by atoms with Crippen LogP contribution in [0.5, 0.6) is 0 Å². The molecule has 0 aromatic heterocycles. The molecule has 1 atom stereocenters.